The third-order valence-corrected chi connectivity index (χ3v) is 4.00. The number of primary sulfonamides is 1. The normalized spacial score (nSPS) is 14.8. The number of carbonyl (C=O) groups excluding carboxylic acids is 1. The van der Waals surface area contributed by atoms with E-state index in [0.717, 1.165) is 12.8 Å². The van der Waals surface area contributed by atoms with Crippen LogP contribution in [-0.4, -0.2) is 26.9 Å². The Kier molecular flexibility index (Phi) is 4.61. The van der Waals surface area contributed by atoms with E-state index in [1.807, 2.05) is 0 Å². The van der Waals surface area contributed by atoms with Crippen molar-refractivity contribution in [1.29, 1.82) is 0 Å². The Morgan fingerprint density at radius 2 is 2.00 bits per heavy atom. The molecule has 0 atom stereocenters. The van der Waals surface area contributed by atoms with Gasteiger partial charge in [0.1, 0.15) is 4.90 Å². The van der Waals surface area contributed by atoms with Gasteiger partial charge in [-0.2, -0.15) is 0 Å². The zero-order valence-electron chi connectivity index (χ0n) is 11.1. The average molecular weight is 297 g/mol. The van der Waals surface area contributed by atoms with Crippen molar-refractivity contribution in [3.05, 3.63) is 24.3 Å². The maximum Gasteiger partial charge on any atom is 0.240 e. The van der Waals surface area contributed by atoms with Gasteiger partial charge in [0.2, 0.25) is 15.9 Å². The standard InChI is InChI=1S/C13H19N3O3S/c14-20(18,19)12-5-2-1-4-11(12)15-9-3-6-13(17)16-10-7-8-10/h1-2,4-5,10,15H,3,6-9H2,(H,16,17)(H2,14,18,19). The highest BCUT2D eigenvalue weighted by atomic mass is 32.2. The van der Waals surface area contributed by atoms with Gasteiger partial charge in [-0.15, -0.1) is 0 Å². The van der Waals surface area contributed by atoms with Crippen molar-refractivity contribution >= 4 is 21.6 Å². The van der Waals surface area contributed by atoms with E-state index in [1.54, 1.807) is 18.2 Å². The number of anilines is 1. The van der Waals surface area contributed by atoms with Crippen LogP contribution in [-0.2, 0) is 14.8 Å². The number of benzene rings is 1. The summed E-state index contributed by atoms with van der Waals surface area (Å²) in [6.07, 6.45) is 3.22. The van der Waals surface area contributed by atoms with Crippen molar-refractivity contribution in [2.45, 2.75) is 36.6 Å². The second-order valence-corrected chi connectivity index (χ2v) is 6.44. The Bertz CT molecular complexity index is 582. The Balaban J connectivity index is 1.80. The summed E-state index contributed by atoms with van der Waals surface area (Å²) in [5, 5.41) is 11.1. The van der Waals surface area contributed by atoms with Gasteiger partial charge in [0.15, 0.2) is 0 Å². The molecule has 0 heterocycles. The van der Waals surface area contributed by atoms with Gasteiger partial charge in [0.05, 0.1) is 5.69 Å². The van der Waals surface area contributed by atoms with Crippen molar-refractivity contribution < 1.29 is 13.2 Å². The molecule has 0 bridgehead atoms. The Labute approximate surface area is 118 Å². The fraction of sp³-hybridized carbons (Fsp3) is 0.462. The highest BCUT2D eigenvalue weighted by Gasteiger charge is 2.22. The molecule has 0 radical (unpaired) electrons. The van der Waals surface area contributed by atoms with Crippen molar-refractivity contribution in [2.24, 2.45) is 5.14 Å². The van der Waals surface area contributed by atoms with Gasteiger partial charge >= 0.3 is 0 Å². The van der Waals surface area contributed by atoms with Crippen molar-refractivity contribution in [2.75, 3.05) is 11.9 Å². The minimum Gasteiger partial charge on any atom is -0.384 e. The molecular weight excluding hydrogens is 278 g/mol. The Hall–Kier alpha value is -1.60. The molecule has 1 aliphatic rings. The van der Waals surface area contributed by atoms with E-state index < -0.39 is 10.0 Å². The number of nitrogens with two attached hydrogens (primary N) is 1. The number of carbonyl (C=O) groups is 1. The van der Waals surface area contributed by atoms with Gasteiger partial charge in [-0.1, -0.05) is 12.1 Å². The summed E-state index contributed by atoms with van der Waals surface area (Å²) in [5.41, 5.74) is 0.470. The van der Waals surface area contributed by atoms with E-state index in [9.17, 15) is 13.2 Å². The molecule has 0 spiro atoms. The number of amides is 1. The minimum absolute atomic E-state index is 0.0500. The van der Waals surface area contributed by atoms with E-state index in [0.29, 0.717) is 31.1 Å². The van der Waals surface area contributed by atoms with Gasteiger partial charge in [-0.3, -0.25) is 4.79 Å². The summed E-state index contributed by atoms with van der Waals surface area (Å²) in [6, 6.07) is 6.84. The number of para-hydroxylation sites is 1. The molecule has 7 heteroatoms. The number of hydrogen-bond donors (Lipinski definition) is 3. The maximum absolute atomic E-state index is 11.5. The van der Waals surface area contributed by atoms with Crippen LogP contribution in [0.1, 0.15) is 25.7 Å². The summed E-state index contributed by atoms with van der Waals surface area (Å²) >= 11 is 0. The molecule has 20 heavy (non-hydrogen) atoms. The largest absolute Gasteiger partial charge is 0.384 e. The molecule has 1 aromatic rings. The molecule has 1 fully saturated rings. The van der Waals surface area contributed by atoms with Crippen LogP contribution < -0.4 is 15.8 Å². The smallest absolute Gasteiger partial charge is 0.240 e. The van der Waals surface area contributed by atoms with Crippen LogP contribution in [0.25, 0.3) is 0 Å². The predicted molar refractivity (Wildman–Crippen MR) is 76.7 cm³/mol. The Morgan fingerprint density at radius 3 is 2.65 bits per heavy atom. The van der Waals surface area contributed by atoms with E-state index in [-0.39, 0.29) is 10.8 Å². The van der Waals surface area contributed by atoms with E-state index in [4.69, 9.17) is 5.14 Å². The van der Waals surface area contributed by atoms with E-state index in [1.165, 1.54) is 6.07 Å². The lowest BCUT2D eigenvalue weighted by molar-refractivity contribution is -0.121. The molecule has 1 saturated carbocycles. The molecule has 1 aliphatic carbocycles. The van der Waals surface area contributed by atoms with Crippen LogP contribution in [0, 0.1) is 0 Å². The van der Waals surface area contributed by atoms with Crippen LogP contribution in [0.4, 0.5) is 5.69 Å². The number of rotatable bonds is 7. The molecule has 0 saturated heterocycles. The predicted octanol–water partition coefficient (Wildman–Crippen LogP) is 0.805. The lowest BCUT2D eigenvalue weighted by Crippen LogP contribution is -2.25. The lowest BCUT2D eigenvalue weighted by Gasteiger charge is -2.10. The fourth-order valence-electron chi connectivity index (χ4n) is 1.86. The second kappa shape index (κ2) is 6.23. The first-order valence-corrected chi connectivity index (χ1v) is 8.16. The molecule has 1 aromatic carbocycles. The molecule has 110 valence electrons. The highest BCUT2D eigenvalue weighted by Crippen LogP contribution is 2.20. The summed E-state index contributed by atoms with van der Waals surface area (Å²) in [5.74, 6) is 0.0500. The van der Waals surface area contributed by atoms with Crippen molar-refractivity contribution in [3.8, 4) is 0 Å². The lowest BCUT2D eigenvalue weighted by atomic mass is 10.2. The van der Waals surface area contributed by atoms with Crippen LogP contribution in [0.2, 0.25) is 0 Å². The van der Waals surface area contributed by atoms with Crippen LogP contribution in [0.15, 0.2) is 29.2 Å². The van der Waals surface area contributed by atoms with Gasteiger partial charge in [0.25, 0.3) is 0 Å². The van der Waals surface area contributed by atoms with Gasteiger partial charge in [-0.05, 0) is 31.4 Å². The number of hydrogen-bond acceptors (Lipinski definition) is 4. The summed E-state index contributed by atoms with van der Waals surface area (Å²) < 4.78 is 22.8. The Morgan fingerprint density at radius 1 is 1.30 bits per heavy atom. The molecule has 4 N–H and O–H groups in total. The molecule has 0 unspecified atom stereocenters. The molecule has 1 amide bonds. The number of nitrogens with one attached hydrogen (secondary N) is 2. The van der Waals surface area contributed by atoms with E-state index in [2.05, 4.69) is 10.6 Å². The van der Waals surface area contributed by atoms with E-state index >= 15 is 0 Å². The highest BCUT2D eigenvalue weighted by molar-refractivity contribution is 7.89. The zero-order chi connectivity index (χ0) is 14.6. The summed E-state index contributed by atoms with van der Waals surface area (Å²) in [6.45, 7) is 0.518. The third-order valence-electron chi connectivity index (χ3n) is 3.03. The maximum atomic E-state index is 11.5. The zero-order valence-corrected chi connectivity index (χ0v) is 11.9. The summed E-state index contributed by atoms with van der Waals surface area (Å²) in [7, 11) is -3.74. The fourth-order valence-corrected chi connectivity index (χ4v) is 2.58. The van der Waals surface area contributed by atoms with Crippen molar-refractivity contribution in [3.63, 3.8) is 0 Å². The van der Waals surface area contributed by atoms with Gasteiger partial charge in [-0.25, -0.2) is 13.6 Å². The quantitative estimate of drug-likeness (QED) is 0.648. The third kappa shape index (κ3) is 4.50. The topological polar surface area (TPSA) is 101 Å². The van der Waals surface area contributed by atoms with Crippen LogP contribution in [0.3, 0.4) is 0 Å². The van der Waals surface area contributed by atoms with Gasteiger partial charge < -0.3 is 10.6 Å². The number of sulfonamides is 1. The SMILES string of the molecule is NS(=O)(=O)c1ccccc1NCCCC(=O)NC1CC1. The molecule has 2 rings (SSSR count). The first kappa shape index (κ1) is 14.8. The first-order chi connectivity index (χ1) is 9.47. The molecular formula is C13H19N3O3S. The molecule has 0 aromatic heterocycles. The van der Waals surface area contributed by atoms with Crippen LogP contribution in [0.5, 0.6) is 0 Å². The molecule has 0 aliphatic heterocycles. The first-order valence-electron chi connectivity index (χ1n) is 6.62. The summed E-state index contributed by atoms with van der Waals surface area (Å²) in [4.78, 5) is 11.5. The van der Waals surface area contributed by atoms with Crippen molar-refractivity contribution in [1.82, 2.24) is 5.32 Å². The average Bonchev–Trinajstić information content (AvgIpc) is 3.18. The minimum atomic E-state index is -3.74. The monoisotopic (exact) mass is 297 g/mol. The van der Waals surface area contributed by atoms with Crippen LogP contribution >= 0.6 is 0 Å². The van der Waals surface area contributed by atoms with Gasteiger partial charge in [0, 0.05) is 19.0 Å². The molecule has 6 nitrogen and oxygen atoms in total. The second-order valence-electron chi connectivity index (χ2n) is 4.91.